The fraction of sp³-hybridized carbons (Fsp3) is 0.0370. The molecule has 2 nitrogen and oxygen atoms in total. The number of hydrogen-bond acceptors (Lipinski definition) is 3. The van der Waals surface area contributed by atoms with Gasteiger partial charge in [-0.05, 0) is 93.9 Å². The van der Waals surface area contributed by atoms with Crippen molar-refractivity contribution in [2.45, 2.75) is 12.3 Å². The van der Waals surface area contributed by atoms with Gasteiger partial charge in [-0.25, -0.2) is 0 Å². The lowest BCUT2D eigenvalue weighted by Gasteiger charge is -2.28. The minimum absolute atomic E-state index is 0.326. The number of nitrogens with zero attached hydrogens (tertiary/aromatic N) is 1. The second-order valence-electron chi connectivity index (χ2n) is 14.8. The molecule has 57 heavy (non-hydrogen) atoms. The first-order valence-corrected chi connectivity index (χ1v) is 20.4. The molecule has 0 bridgehead atoms. The first kappa shape index (κ1) is 33.4. The van der Waals surface area contributed by atoms with Crippen molar-refractivity contribution in [2.75, 3.05) is 4.90 Å². The molecule has 0 radical (unpaired) electrons. The van der Waals surface area contributed by atoms with Crippen LogP contribution in [0.4, 0.5) is 17.1 Å². The van der Waals surface area contributed by atoms with Crippen LogP contribution in [0.2, 0.25) is 0 Å². The predicted octanol–water partition coefficient (Wildman–Crippen LogP) is 16.0. The van der Waals surface area contributed by atoms with Crippen molar-refractivity contribution in [2.24, 2.45) is 0 Å². The standard InChI is InChI=1S/C54H37NOS/c1-5-14-36(15-6-1)40-22-13-23-43(32-40)55(44-26-29-47-46-27-24-41(37-16-7-2-8-17-37)33-50(46)56-51(47)35-44)49-31-30-45(39-20-11-4-12-21-39)54-53(49)48-28-25-42(34-52(48)57-54)38-18-9-3-10-19-38/h1-14,16-36H,15H2. The topological polar surface area (TPSA) is 16.4 Å². The average molecular weight is 748 g/mol. The molecule has 8 aromatic carbocycles. The Balaban J connectivity index is 1.15. The minimum atomic E-state index is 0.326. The van der Waals surface area contributed by atoms with E-state index in [1.54, 1.807) is 0 Å². The summed E-state index contributed by atoms with van der Waals surface area (Å²) < 4.78 is 9.28. The maximum atomic E-state index is 6.73. The van der Waals surface area contributed by atoms with E-state index in [1.807, 2.05) is 11.3 Å². The molecule has 1 atom stereocenters. The summed E-state index contributed by atoms with van der Waals surface area (Å²) >= 11 is 1.88. The summed E-state index contributed by atoms with van der Waals surface area (Å²) in [4.78, 5) is 2.45. The first-order valence-electron chi connectivity index (χ1n) is 19.6. The van der Waals surface area contributed by atoms with Gasteiger partial charge in [0.05, 0.1) is 5.69 Å². The number of hydrogen-bond donors (Lipinski definition) is 0. The summed E-state index contributed by atoms with van der Waals surface area (Å²) in [7, 11) is 0. The van der Waals surface area contributed by atoms with Crippen LogP contribution in [-0.2, 0) is 0 Å². The zero-order chi connectivity index (χ0) is 37.7. The molecule has 0 fully saturated rings. The van der Waals surface area contributed by atoms with Crippen LogP contribution in [0.1, 0.15) is 17.9 Å². The lowest BCUT2D eigenvalue weighted by atomic mass is 9.92. The number of thiophene rings is 1. The number of rotatable bonds is 7. The average Bonchev–Trinajstić information content (AvgIpc) is 3.86. The van der Waals surface area contributed by atoms with Gasteiger partial charge < -0.3 is 9.32 Å². The Bertz CT molecular complexity index is 3150. The molecule has 0 saturated heterocycles. The predicted molar refractivity (Wildman–Crippen MR) is 243 cm³/mol. The Hall–Kier alpha value is -6.94. The molecule has 0 amide bonds. The number of allylic oxidation sites excluding steroid dienone is 4. The molecule has 1 aliphatic rings. The van der Waals surface area contributed by atoms with E-state index in [-0.39, 0.29) is 0 Å². The molecule has 0 saturated carbocycles. The second kappa shape index (κ2) is 14.0. The highest BCUT2D eigenvalue weighted by molar-refractivity contribution is 7.26. The maximum Gasteiger partial charge on any atom is 0.137 e. The van der Waals surface area contributed by atoms with Gasteiger partial charge in [0.25, 0.3) is 0 Å². The third-order valence-electron chi connectivity index (χ3n) is 11.4. The van der Waals surface area contributed by atoms with Crippen LogP contribution in [0.3, 0.4) is 0 Å². The largest absolute Gasteiger partial charge is 0.456 e. The van der Waals surface area contributed by atoms with Crippen LogP contribution in [-0.4, -0.2) is 0 Å². The van der Waals surface area contributed by atoms with Gasteiger partial charge in [-0.15, -0.1) is 11.3 Å². The molecule has 2 aromatic heterocycles. The molecule has 270 valence electrons. The Labute approximate surface area is 335 Å². The Morgan fingerprint density at radius 3 is 1.86 bits per heavy atom. The third-order valence-corrected chi connectivity index (χ3v) is 12.6. The molecule has 1 aliphatic carbocycles. The minimum Gasteiger partial charge on any atom is -0.456 e. The highest BCUT2D eigenvalue weighted by Gasteiger charge is 2.23. The van der Waals surface area contributed by atoms with Crippen LogP contribution in [0.25, 0.3) is 75.5 Å². The summed E-state index contributed by atoms with van der Waals surface area (Å²) in [6.45, 7) is 0. The van der Waals surface area contributed by atoms with Gasteiger partial charge in [0, 0.05) is 54.3 Å². The summed E-state index contributed by atoms with van der Waals surface area (Å²) in [5.74, 6) is 0.326. The molecule has 11 rings (SSSR count). The van der Waals surface area contributed by atoms with Crippen molar-refractivity contribution in [3.8, 4) is 33.4 Å². The first-order chi connectivity index (χ1) is 28.2. The van der Waals surface area contributed by atoms with E-state index >= 15 is 0 Å². The van der Waals surface area contributed by atoms with Gasteiger partial charge in [0.15, 0.2) is 0 Å². The van der Waals surface area contributed by atoms with Crippen molar-refractivity contribution >= 4 is 70.5 Å². The van der Waals surface area contributed by atoms with Crippen molar-refractivity contribution in [3.63, 3.8) is 0 Å². The van der Waals surface area contributed by atoms with Crippen LogP contribution in [0.5, 0.6) is 0 Å². The summed E-state index contributed by atoms with van der Waals surface area (Å²) in [5.41, 5.74) is 13.6. The van der Waals surface area contributed by atoms with Crippen molar-refractivity contribution in [1.82, 2.24) is 0 Å². The van der Waals surface area contributed by atoms with Crippen molar-refractivity contribution < 1.29 is 4.42 Å². The third kappa shape index (κ3) is 5.96. The van der Waals surface area contributed by atoms with Crippen LogP contribution in [0, 0.1) is 0 Å². The highest BCUT2D eigenvalue weighted by atomic mass is 32.1. The number of fused-ring (bicyclic) bond motifs is 6. The van der Waals surface area contributed by atoms with Crippen LogP contribution >= 0.6 is 11.3 Å². The Morgan fingerprint density at radius 2 is 1.14 bits per heavy atom. The van der Waals surface area contributed by atoms with E-state index in [4.69, 9.17) is 4.42 Å². The van der Waals surface area contributed by atoms with E-state index in [2.05, 4.69) is 211 Å². The van der Waals surface area contributed by atoms with Gasteiger partial charge in [-0.3, -0.25) is 0 Å². The lowest BCUT2D eigenvalue weighted by molar-refractivity contribution is 0.669. The van der Waals surface area contributed by atoms with E-state index in [0.717, 1.165) is 51.0 Å². The quantitative estimate of drug-likeness (QED) is 0.161. The molecule has 1 unspecified atom stereocenters. The highest BCUT2D eigenvalue weighted by Crippen LogP contribution is 2.50. The van der Waals surface area contributed by atoms with Gasteiger partial charge in [0.2, 0.25) is 0 Å². The fourth-order valence-corrected chi connectivity index (χ4v) is 9.87. The monoisotopic (exact) mass is 747 g/mol. The smallest absolute Gasteiger partial charge is 0.137 e. The van der Waals surface area contributed by atoms with E-state index in [0.29, 0.717) is 5.92 Å². The van der Waals surface area contributed by atoms with Gasteiger partial charge in [0.1, 0.15) is 11.2 Å². The molecule has 2 heterocycles. The number of benzene rings is 8. The lowest BCUT2D eigenvalue weighted by Crippen LogP contribution is -2.11. The van der Waals surface area contributed by atoms with Crippen molar-refractivity contribution in [1.29, 1.82) is 0 Å². The molecule has 0 aliphatic heterocycles. The van der Waals surface area contributed by atoms with Crippen molar-refractivity contribution in [3.05, 3.63) is 212 Å². The molecule has 10 aromatic rings. The van der Waals surface area contributed by atoms with E-state index < -0.39 is 0 Å². The molecular weight excluding hydrogens is 711 g/mol. The Kier molecular flexibility index (Phi) is 8.19. The normalized spacial score (nSPS) is 13.9. The number of furan rings is 1. The molecule has 3 heteroatoms. The molecular formula is C54H37NOS. The molecule has 0 spiro atoms. The van der Waals surface area contributed by atoms with Crippen LogP contribution < -0.4 is 4.90 Å². The maximum absolute atomic E-state index is 6.73. The SMILES string of the molecule is C1=CCC(c2cccc(N(c3ccc4c(c3)oc3cc(-c5ccccc5)ccc34)c3ccc(-c4ccccc4)c4sc5cc(-c6ccccc6)ccc5c34)c2)C=C1. The zero-order valence-electron chi connectivity index (χ0n) is 31.2. The number of anilines is 3. The fourth-order valence-electron chi connectivity index (χ4n) is 8.57. The van der Waals surface area contributed by atoms with Gasteiger partial charge in [-0.1, -0.05) is 152 Å². The van der Waals surface area contributed by atoms with E-state index in [1.165, 1.54) is 53.6 Å². The van der Waals surface area contributed by atoms with Gasteiger partial charge >= 0.3 is 0 Å². The second-order valence-corrected chi connectivity index (χ2v) is 15.9. The summed E-state index contributed by atoms with van der Waals surface area (Å²) in [5, 5.41) is 4.73. The Morgan fingerprint density at radius 1 is 0.491 bits per heavy atom. The van der Waals surface area contributed by atoms with Crippen LogP contribution in [0.15, 0.2) is 211 Å². The van der Waals surface area contributed by atoms with E-state index in [9.17, 15) is 0 Å². The summed E-state index contributed by atoms with van der Waals surface area (Å²) in [6.07, 6.45) is 9.89. The molecule has 0 N–H and O–H groups in total. The zero-order valence-corrected chi connectivity index (χ0v) is 32.0. The summed E-state index contributed by atoms with van der Waals surface area (Å²) in [6, 6.07) is 66.0. The van der Waals surface area contributed by atoms with Gasteiger partial charge in [-0.2, -0.15) is 0 Å².